The molecule has 15 heteroatoms. The van der Waals surface area contributed by atoms with Crippen molar-refractivity contribution in [1.82, 2.24) is 14.9 Å². The molecule has 1 heterocycles. The Bertz CT molecular complexity index is 923. The summed E-state index contributed by atoms with van der Waals surface area (Å²) in [5, 5.41) is 2.99. The summed E-state index contributed by atoms with van der Waals surface area (Å²) in [4.78, 5) is 1.93. The van der Waals surface area contributed by atoms with Gasteiger partial charge in [-0.3, -0.25) is 0 Å². The van der Waals surface area contributed by atoms with Crippen molar-refractivity contribution < 1.29 is 47.9 Å². The molecule has 2 rings (SSSR count). The summed E-state index contributed by atoms with van der Waals surface area (Å²) in [6.45, 7) is 3.22. The third-order valence-corrected chi connectivity index (χ3v) is 7.32. The lowest BCUT2D eigenvalue weighted by molar-refractivity contribution is -0.143. The van der Waals surface area contributed by atoms with Gasteiger partial charge >= 0.3 is 18.5 Å². The first kappa shape index (κ1) is 30.6. The number of rotatable bonds is 10. The summed E-state index contributed by atoms with van der Waals surface area (Å²) >= 11 is 0. The Balaban J connectivity index is 1.82. The van der Waals surface area contributed by atoms with E-state index >= 15 is 0 Å². The van der Waals surface area contributed by atoms with E-state index in [0.29, 0.717) is 51.2 Å². The molecule has 0 aliphatic carbocycles. The highest BCUT2D eigenvalue weighted by atomic mass is 32.2. The van der Waals surface area contributed by atoms with Gasteiger partial charge in [0.1, 0.15) is 0 Å². The highest BCUT2D eigenvalue weighted by molar-refractivity contribution is 7.89. The molecule has 0 bridgehead atoms. The van der Waals surface area contributed by atoms with Crippen LogP contribution in [0.3, 0.4) is 0 Å². The zero-order chi connectivity index (χ0) is 27.4. The Labute approximate surface area is 203 Å². The summed E-state index contributed by atoms with van der Waals surface area (Å²) in [6.07, 6.45) is -14.5. The number of benzene rings is 1. The summed E-state index contributed by atoms with van der Waals surface area (Å²) in [5.41, 5.74) is -2.88. The van der Waals surface area contributed by atoms with Crippen LogP contribution in [0.5, 0.6) is 0 Å². The third-order valence-electron chi connectivity index (χ3n) is 5.93. The van der Waals surface area contributed by atoms with Crippen LogP contribution in [0, 0.1) is 5.92 Å². The molecule has 0 amide bonds. The molecule has 2 N–H and O–H groups in total. The topological polar surface area (TPSA) is 61.4 Å². The van der Waals surface area contributed by atoms with Crippen LogP contribution >= 0.6 is 0 Å². The molecule has 1 aliphatic rings. The fourth-order valence-corrected chi connectivity index (χ4v) is 4.83. The van der Waals surface area contributed by atoms with E-state index in [9.17, 15) is 47.9 Å². The van der Waals surface area contributed by atoms with Crippen LogP contribution in [0.25, 0.3) is 0 Å². The lowest BCUT2D eigenvalue weighted by Crippen LogP contribution is -2.42. The quantitative estimate of drug-likeness (QED) is 0.400. The molecule has 208 valence electrons. The van der Waals surface area contributed by atoms with E-state index in [0.717, 1.165) is 0 Å². The minimum atomic E-state index is -4.92. The van der Waals surface area contributed by atoms with E-state index in [2.05, 4.69) is 10.0 Å². The van der Waals surface area contributed by atoms with Crippen molar-refractivity contribution in [2.24, 2.45) is 5.92 Å². The summed E-state index contributed by atoms with van der Waals surface area (Å²) < 4.78 is 140. The van der Waals surface area contributed by atoms with Crippen LogP contribution in [-0.4, -0.2) is 58.0 Å². The fraction of sp³-hybridized carbons (Fsp3) is 0.714. The second-order valence-corrected chi connectivity index (χ2v) is 10.8. The lowest BCUT2D eigenvalue weighted by atomic mass is 9.95. The Kier molecular flexibility index (Phi) is 10.1. The number of hydrogen-bond donors (Lipinski definition) is 2. The second kappa shape index (κ2) is 11.9. The average Bonchev–Trinajstić information content (AvgIpc) is 2.75. The van der Waals surface area contributed by atoms with Gasteiger partial charge in [-0.05, 0) is 69.1 Å². The lowest BCUT2D eigenvalue weighted by Gasteiger charge is -2.32. The first-order valence-corrected chi connectivity index (χ1v) is 12.8. The molecule has 1 aromatic carbocycles. The Hall–Kier alpha value is -1.58. The molecule has 0 saturated carbocycles. The summed E-state index contributed by atoms with van der Waals surface area (Å²) in [6, 6.07) is 0.719. The van der Waals surface area contributed by atoms with E-state index in [1.54, 1.807) is 0 Å². The van der Waals surface area contributed by atoms with Crippen molar-refractivity contribution in [3.05, 3.63) is 34.9 Å². The number of hydrogen-bond acceptors (Lipinski definition) is 4. The standard InChI is InChI=1S/C21H28F9N3O2S/c1-14(16-10-17(20(25,26)27)12-18(11-16)21(28,29)30)31-13-15-2-6-33(7-3-15)8-5-32-36(34,35)9-4-19(22,23)24/h10-12,14-15,31-32H,2-9,13H2,1H3. The number of alkyl halides is 9. The number of halogens is 9. The molecule has 0 aromatic heterocycles. The zero-order valence-corrected chi connectivity index (χ0v) is 20.1. The molecular formula is C21H28F9N3O2S. The van der Waals surface area contributed by atoms with E-state index in [1.165, 1.54) is 6.92 Å². The van der Waals surface area contributed by atoms with Crippen molar-refractivity contribution >= 4 is 10.0 Å². The van der Waals surface area contributed by atoms with Crippen LogP contribution in [0.1, 0.15) is 48.9 Å². The van der Waals surface area contributed by atoms with Gasteiger partial charge in [-0.2, -0.15) is 39.5 Å². The van der Waals surface area contributed by atoms with Gasteiger partial charge in [0.05, 0.1) is 23.3 Å². The Morgan fingerprint density at radius 2 is 1.47 bits per heavy atom. The summed E-state index contributed by atoms with van der Waals surface area (Å²) in [5.74, 6) is -0.946. The second-order valence-electron chi connectivity index (χ2n) is 8.83. The molecule has 1 aromatic rings. The smallest absolute Gasteiger partial charge is 0.310 e. The third kappa shape index (κ3) is 10.4. The highest BCUT2D eigenvalue weighted by Gasteiger charge is 2.37. The fourth-order valence-electron chi connectivity index (χ4n) is 3.79. The molecule has 5 nitrogen and oxygen atoms in total. The van der Waals surface area contributed by atoms with E-state index < -0.39 is 57.9 Å². The molecular weight excluding hydrogens is 529 g/mol. The molecule has 0 radical (unpaired) electrons. The zero-order valence-electron chi connectivity index (χ0n) is 19.3. The van der Waals surface area contributed by atoms with Crippen molar-refractivity contribution in [3.63, 3.8) is 0 Å². The molecule has 1 unspecified atom stereocenters. The average molecular weight is 558 g/mol. The molecule has 0 spiro atoms. The predicted molar refractivity (Wildman–Crippen MR) is 114 cm³/mol. The van der Waals surface area contributed by atoms with Gasteiger partial charge in [0.2, 0.25) is 10.0 Å². The maximum absolute atomic E-state index is 13.1. The molecule has 1 fully saturated rings. The Morgan fingerprint density at radius 3 is 1.94 bits per heavy atom. The molecule has 1 saturated heterocycles. The monoisotopic (exact) mass is 557 g/mol. The van der Waals surface area contributed by atoms with Gasteiger partial charge in [-0.15, -0.1) is 0 Å². The minimum Gasteiger partial charge on any atom is -0.310 e. The van der Waals surface area contributed by atoms with Crippen LogP contribution in [0.4, 0.5) is 39.5 Å². The van der Waals surface area contributed by atoms with Gasteiger partial charge in [0.25, 0.3) is 0 Å². The van der Waals surface area contributed by atoms with Gasteiger partial charge in [0, 0.05) is 19.1 Å². The predicted octanol–water partition coefficient (Wildman–Crippen LogP) is 4.96. The number of likely N-dealkylation sites (tertiary alicyclic amines) is 1. The van der Waals surface area contributed by atoms with Gasteiger partial charge < -0.3 is 10.2 Å². The van der Waals surface area contributed by atoms with Crippen molar-refractivity contribution in [2.45, 2.75) is 50.8 Å². The number of nitrogens with one attached hydrogen (secondary N) is 2. The van der Waals surface area contributed by atoms with Crippen LogP contribution in [0.15, 0.2) is 18.2 Å². The van der Waals surface area contributed by atoms with Gasteiger partial charge in [0.15, 0.2) is 0 Å². The summed E-state index contributed by atoms with van der Waals surface area (Å²) in [7, 11) is -4.04. The molecule has 1 atom stereocenters. The maximum Gasteiger partial charge on any atom is 0.416 e. The molecule has 36 heavy (non-hydrogen) atoms. The SMILES string of the molecule is CC(NCC1CCN(CCNS(=O)(=O)CCC(F)(F)F)CC1)c1cc(C(F)(F)F)cc(C(F)(F)F)c1. The van der Waals surface area contributed by atoms with Crippen molar-refractivity contribution in [2.75, 3.05) is 38.5 Å². The van der Waals surface area contributed by atoms with Crippen molar-refractivity contribution in [1.29, 1.82) is 0 Å². The number of piperidine rings is 1. The van der Waals surface area contributed by atoms with E-state index in [4.69, 9.17) is 0 Å². The van der Waals surface area contributed by atoms with Crippen molar-refractivity contribution in [3.8, 4) is 0 Å². The van der Waals surface area contributed by atoms with Crippen LogP contribution < -0.4 is 10.0 Å². The number of nitrogens with zero attached hydrogens (tertiary/aromatic N) is 1. The van der Waals surface area contributed by atoms with Gasteiger partial charge in [-0.1, -0.05) is 0 Å². The Morgan fingerprint density at radius 1 is 0.944 bits per heavy atom. The normalized spacial score (nSPS) is 17.9. The maximum atomic E-state index is 13.1. The van der Waals surface area contributed by atoms with Crippen LogP contribution in [0.2, 0.25) is 0 Å². The van der Waals surface area contributed by atoms with E-state index in [1.807, 2.05) is 4.90 Å². The van der Waals surface area contributed by atoms with E-state index in [-0.39, 0.29) is 24.1 Å². The minimum absolute atomic E-state index is 0.0444. The highest BCUT2D eigenvalue weighted by Crippen LogP contribution is 2.37. The number of sulfonamides is 1. The first-order valence-electron chi connectivity index (χ1n) is 11.1. The van der Waals surface area contributed by atoms with Gasteiger partial charge in [-0.25, -0.2) is 13.1 Å². The van der Waals surface area contributed by atoms with Crippen LogP contribution in [-0.2, 0) is 22.4 Å². The molecule has 1 aliphatic heterocycles. The largest absolute Gasteiger partial charge is 0.416 e. The first-order chi connectivity index (χ1) is 16.4.